The van der Waals surface area contributed by atoms with Gasteiger partial charge in [-0.2, -0.15) is 8.42 Å². The fraction of sp³-hybridized carbons (Fsp3) is 1.00. The van der Waals surface area contributed by atoms with Crippen molar-refractivity contribution in [1.82, 2.24) is 0 Å². The zero-order chi connectivity index (χ0) is 11.1. The molecular formula is C10H19NO3S. The van der Waals surface area contributed by atoms with Crippen LogP contribution in [0.3, 0.4) is 0 Å². The van der Waals surface area contributed by atoms with Gasteiger partial charge in [0, 0.05) is 6.04 Å². The number of rotatable bonds is 4. The number of nitrogens with two attached hydrogens (primary N) is 1. The summed E-state index contributed by atoms with van der Waals surface area (Å²) in [5.74, 6) is 1.84. The summed E-state index contributed by atoms with van der Waals surface area (Å²) < 4.78 is 29.9. The Morgan fingerprint density at radius 2 is 2.07 bits per heavy atom. The second kappa shape index (κ2) is 4.03. The van der Waals surface area contributed by atoms with Crippen LogP contribution in [-0.2, 0) is 10.1 Å². The van der Waals surface area contributed by atoms with E-state index < -0.39 is 10.1 Å². The lowest BCUT2D eigenvalue weighted by Crippen LogP contribution is -2.35. The van der Waals surface area contributed by atoms with Crippen molar-refractivity contribution in [2.24, 2.45) is 23.5 Å². The maximum Gasteiger partial charge on any atom is 0.264 e. The highest BCUT2D eigenvalue weighted by Crippen LogP contribution is 2.49. The molecule has 0 aromatic heterocycles. The first-order valence-electron chi connectivity index (χ1n) is 5.66. The van der Waals surface area contributed by atoms with Gasteiger partial charge in [-0.15, -0.1) is 0 Å². The first-order chi connectivity index (χ1) is 6.96. The van der Waals surface area contributed by atoms with Crippen LogP contribution in [0.2, 0.25) is 0 Å². The smallest absolute Gasteiger partial charge is 0.264 e. The van der Waals surface area contributed by atoms with E-state index >= 15 is 0 Å². The van der Waals surface area contributed by atoms with Gasteiger partial charge in [-0.1, -0.05) is 6.42 Å². The summed E-state index contributed by atoms with van der Waals surface area (Å²) in [4.78, 5) is 0. The van der Waals surface area contributed by atoms with E-state index in [-0.39, 0.29) is 11.8 Å². The van der Waals surface area contributed by atoms with Crippen molar-refractivity contribution < 1.29 is 13.0 Å². The van der Waals surface area contributed by atoms with Gasteiger partial charge in [0.25, 0.3) is 10.1 Å². The third kappa shape index (κ3) is 2.71. The second-order valence-corrected chi connectivity index (χ2v) is 6.65. The normalized spacial score (nSPS) is 37.1. The van der Waals surface area contributed by atoms with Crippen molar-refractivity contribution in [2.75, 3.05) is 5.75 Å². The van der Waals surface area contributed by atoms with Crippen LogP contribution in [0.4, 0.5) is 0 Å². The molecule has 0 aromatic rings. The first-order valence-corrected chi connectivity index (χ1v) is 7.27. The molecule has 88 valence electrons. The van der Waals surface area contributed by atoms with Crippen molar-refractivity contribution >= 4 is 10.1 Å². The van der Waals surface area contributed by atoms with E-state index in [1.165, 1.54) is 19.3 Å². The van der Waals surface area contributed by atoms with Gasteiger partial charge >= 0.3 is 0 Å². The van der Waals surface area contributed by atoms with Crippen molar-refractivity contribution in [3.05, 3.63) is 0 Å². The quantitative estimate of drug-likeness (QED) is 0.711. The Kier molecular flexibility index (Phi) is 3.05. The van der Waals surface area contributed by atoms with Crippen LogP contribution in [0.15, 0.2) is 0 Å². The lowest BCUT2D eigenvalue weighted by atomic mass is 9.83. The minimum absolute atomic E-state index is 0.0535. The zero-order valence-corrected chi connectivity index (χ0v) is 9.62. The highest BCUT2D eigenvalue weighted by Gasteiger charge is 2.41. The summed E-state index contributed by atoms with van der Waals surface area (Å²) in [6, 6.07) is -0.0535. The van der Waals surface area contributed by atoms with Gasteiger partial charge in [0.05, 0.1) is 5.75 Å². The molecule has 2 aliphatic carbocycles. The van der Waals surface area contributed by atoms with Crippen molar-refractivity contribution in [3.8, 4) is 0 Å². The van der Waals surface area contributed by atoms with Crippen LogP contribution in [-0.4, -0.2) is 24.8 Å². The zero-order valence-electron chi connectivity index (χ0n) is 8.80. The largest absolute Gasteiger partial charge is 0.327 e. The monoisotopic (exact) mass is 233 g/mol. The van der Waals surface area contributed by atoms with Crippen LogP contribution in [0.5, 0.6) is 0 Å². The summed E-state index contributed by atoms with van der Waals surface area (Å²) in [7, 11) is -3.84. The van der Waals surface area contributed by atoms with E-state index in [0.717, 1.165) is 12.3 Å². The predicted octanol–water partition coefficient (Wildman–Crippen LogP) is 1.03. The lowest BCUT2D eigenvalue weighted by Gasteiger charge is -2.27. The molecule has 0 aromatic carbocycles. The highest BCUT2D eigenvalue weighted by molar-refractivity contribution is 7.85. The van der Waals surface area contributed by atoms with E-state index in [1.54, 1.807) is 0 Å². The molecule has 2 saturated carbocycles. The van der Waals surface area contributed by atoms with Crippen LogP contribution < -0.4 is 5.73 Å². The number of hydrogen-bond donors (Lipinski definition) is 2. The lowest BCUT2D eigenvalue weighted by molar-refractivity contribution is 0.276. The van der Waals surface area contributed by atoms with Gasteiger partial charge in [0.1, 0.15) is 0 Å². The minimum atomic E-state index is -3.84. The third-order valence-corrected chi connectivity index (χ3v) is 4.80. The average molecular weight is 233 g/mol. The molecule has 0 amide bonds. The summed E-state index contributed by atoms with van der Waals surface area (Å²) in [6.07, 6.45) is 5.43. The van der Waals surface area contributed by atoms with E-state index in [2.05, 4.69) is 0 Å². The van der Waals surface area contributed by atoms with Gasteiger partial charge in [-0.05, 0) is 43.4 Å². The van der Waals surface area contributed by atoms with E-state index in [1.807, 2.05) is 0 Å². The van der Waals surface area contributed by atoms with Crippen LogP contribution in [0.25, 0.3) is 0 Å². The molecule has 5 heteroatoms. The van der Waals surface area contributed by atoms with E-state index in [4.69, 9.17) is 10.3 Å². The fourth-order valence-electron chi connectivity index (χ4n) is 3.32. The van der Waals surface area contributed by atoms with Gasteiger partial charge in [-0.3, -0.25) is 4.55 Å². The summed E-state index contributed by atoms with van der Waals surface area (Å²) in [5.41, 5.74) is 6.00. The van der Waals surface area contributed by atoms with Crippen LogP contribution in [0, 0.1) is 17.8 Å². The molecule has 4 unspecified atom stereocenters. The molecule has 0 radical (unpaired) electrons. The second-order valence-electron chi connectivity index (χ2n) is 5.08. The molecule has 2 bridgehead atoms. The highest BCUT2D eigenvalue weighted by atomic mass is 32.2. The standard InChI is InChI=1S/C10H19NO3S/c11-10(3-4-15(12,13)14)9-6-7-1-2-8(9)5-7/h7-10H,1-6,11H2,(H,12,13,14). The molecule has 3 N–H and O–H groups in total. The molecule has 4 atom stereocenters. The van der Waals surface area contributed by atoms with Gasteiger partial charge in [0.2, 0.25) is 0 Å². The van der Waals surface area contributed by atoms with Gasteiger partial charge in [0.15, 0.2) is 0 Å². The van der Waals surface area contributed by atoms with Gasteiger partial charge in [-0.25, -0.2) is 0 Å². The minimum Gasteiger partial charge on any atom is -0.327 e. The molecule has 0 saturated heterocycles. The van der Waals surface area contributed by atoms with E-state index in [0.29, 0.717) is 18.3 Å². The maximum atomic E-state index is 10.6. The van der Waals surface area contributed by atoms with E-state index in [9.17, 15) is 8.42 Å². The Morgan fingerprint density at radius 1 is 1.33 bits per heavy atom. The molecule has 2 rings (SSSR count). The van der Waals surface area contributed by atoms with Crippen molar-refractivity contribution in [3.63, 3.8) is 0 Å². The topological polar surface area (TPSA) is 80.4 Å². The molecular weight excluding hydrogens is 214 g/mol. The Labute approximate surface area is 91.0 Å². The Balaban J connectivity index is 1.84. The number of fused-ring (bicyclic) bond motifs is 2. The fourth-order valence-corrected chi connectivity index (χ4v) is 3.89. The molecule has 2 aliphatic rings. The Hall–Kier alpha value is -0.130. The van der Waals surface area contributed by atoms with Gasteiger partial charge < -0.3 is 5.73 Å². The summed E-state index contributed by atoms with van der Waals surface area (Å²) in [5, 5.41) is 0. The molecule has 15 heavy (non-hydrogen) atoms. The van der Waals surface area contributed by atoms with Crippen molar-refractivity contribution in [1.29, 1.82) is 0 Å². The Morgan fingerprint density at radius 3 is 2.53 bits per heavy atom. The number of hydrogen-bond acceptors (Lipinski definition) is 3. The van der Waals surface area contributed by atoms with Crippen LogP contribution >= 0.6 is 0 Å². The summed E-state index contributed by atoms with van der Waals surface area (Å²) >= 11 is 0. The maximum absolute atomic E-state index is 10.6. The third-order valence-electron chi connectivity index (χ3n) is 4.05. The molecule has 0 heterocycles. The van der Waals surface area contributed by atoms with Crippen molar-refractivity contribution in [2.45, 2.75) is 38.1 Å². The molecule has 2 fully saturated rings. The molecule has 0 spiro atoms. The Bertz CT molecular complexity index is 328. The summed E-state index contributed by atoms with van der Waals surface area (Å²) in [6.45, 7) is 0. The SMILES string of the molecule is NC(CCS(=O)(=O)O)C1CC2CCC1C2. The first kappa shape index (κ1) is 11.4. The predicted molar refractivity (Wildman–Crippen MR) is 57.9 cm³/mol. The molecule has 0 aliphatic heterocycles. The molecule has 4 nitrogen and oxygen atoms in total. The van der Waals surface area contributed by atoms with Crippen LogP contribution in [0.1, 0.15) is 32.1 Å². The average Bonchev–Trinajstić information content (AvgIpc) is 2.73.